The van der Waals surface area contributed by atoms with Crippen LogP contribution in [0.3, 0.4) is 0 Å². The maximum Gasteiger partial charge on any atom is 0.272 e. The number of hydrogen-bond donors (Lipinski definition) is 0. The predicted molar refractivity (Wildman–Crippen MR) is 85.6 cm³/mol. The van der Waals surface area contributed by atoms with Crippen LogP contribution in [0.2, 0.25) is 5.28 Å². The van der Waals surface area contributed by atoms with E-state index in [1.165, 1.54) is 18.3 Å². The molecule has 0 unspecified atom stereocenters. The lowest BCUT2D eigenvalue weighted by atomic mass is 10.1. The second kappa shape index (κ2) is 6.59. The van der Waals surface area contributed by atoms with Crippen LogP contribution in [0.5, 0.6) is 11.5 Å². The number of hydrogen-bond acceptors (Lipinski definition) is 5. The molecule has 2 aromatic carbocycles. The highest BCUT2D eigenvalue weighted by molar-refractivity contribution is 6.28. The Morgan fingerprint density at radius 1 is 1.12 bits per heavy atom. The maximum atomic E-state index is 14.0. The molecule has 24 heavy (non-hydrogen) atoms. The Hall–Kier alpha value is -3.06. The highest BCUT2D eigenvalue weighted by Gasteiger charge is 2.14. The monoisotopic (exact) mass is 345 g/mol. The number of nitrogens with zero attached hydrogens (tertiary/aromatic N) is 3. The van der Waals surface area contributed by atoms with Gasteiger partial charge < -0.3 is 4.74 Å². The Kier molecular flexibility index (Phi) is 4.35. The van der Waals surface area contributed by atoms with Crippen molar-refractivity contribution < 1.29 is 14.1 Å². The molecule has 0 amide bonds. The lowest BCUT2D eigenvalue weighted by Crippen LogP contribution is -1.95. The van der Waals surface area contributed by atoms with Crippen molar-refractivity contribution in [1.82, 2.24) is 9.97 Å². The fourth-order valence-electron chi connectivity index (χ4n) is 2.06. The smallest absolute Gasteiger partial charge is 0.272 e. The third-order valence-electron chi connectivity index (χ3n) is 3.14. The summed E-state index contributed by atoms with van der Waals surface area (Å²) in [7, 11) is 0. The van der Waals surface area contributed by atoms with Crippen molar-refractivity contribution in [3.63, 3.8) is 0 Å². The Labute approximate surface area is 140 Å². The molecule has 3 rings (SSSR count). The summed E-state index contributed by atoms with van der Waals surface area (Å²) in [6.45, 7) is 0. The standard InChI is InChI=1S/C16H9ClFN3O3/c17-16-19-8-7-13(20-16)11-3-1-2-4-14(11)24-15-6-5-10(21(22)23)9-12(15)18/h1-9H. The van der Waals surface area contributed by atoms with Gasteiger partial charge in [0.15, 0.2) is 11.6 Å². The Bertz CT molecular complexity index is 921. The van der Waals surface area contributed by atoms with Gasteiger partial charge in [0.05, 0.1) is 16.7 Å². The quantitative estimate of drug-likeness (QED) is 0.391. The van der Waals surface area contributed by atoms with E-state index in [-0.39, 0.29) is 16.7 Å². The highest BCUT2D eigenvalue weighted by Crippen LogP contribution is 2.34. The normalized spacial score (nSPS) is 10.4. The van der Waals surface area contributed by atoms with Crippen LogP contribution in [0.4, 0.5) is 10.1 Å². The number of nitro benzene ring substituents is 1. The number of aromatic nitrogens is 2. The number of ether oxygens (including phenoxy) is 1. The molecule has 120 valence electrons. The number of benzene rings is 2. The van der Waals surface area contributed by atoms with Crippen molar-refractivity contribution in [2.24, 2.45) is 0 Å². The average Bonchev–Trinajstić information content (AvgIpc) is 2.57. The molecule has 0 aliphatic rings. The molecule has 0 bridgehead atoms. The summed E-state index contributed by atoms with van der Waals surface area (Å²) in [6, 6.07) is 11.7. The molecule has 0 aliphatic carbocycles. The summed E-state index contributed by atoms with van der Waals surface area (Å²) in [5, 5.41) is 10.7. The van der Waals surface area contributed by atoms with Crippen molar-refractivity contribution in [2.75, 3.05) is 0 Å². The van der Waals surface area contributed by atoms with Crippen molar-refractivity contribution >= 4 is 17.3 Å². The molecule has 0 radical (unpaired) electrons. The van der Waals surface area contributed by atoms with Crippen LogP contribution in [0.25, 0.3) is 11.3 Å². The molecule has 0 atom stereocenters. The van der Waals surface area contributed by atoms with Gasteiger partial charge in [-0.1, -0.05) is 12.1 Å². The molecular formula is C16H9ClFN3O3. The van der Waals surface area contributed by atoms with E-state index in [0.29, 0.717) is 17.0 Å². The first-order valence-electron chi connectivity index (χ1n) is 6.74. The van der Waals surface area contributed by atoms with Crippen molar-refractivity contribution in [2.45, 2.75) is 0 Å². The minimum Gasteiger partial charge on any atom is -0.454 e. The van der Waals surface area contributed by atoms with Crippen LogP contribution in [0.15, 0.2) is 54.7 Å². The molecule has 0 spiro atoms. The van der Waals surface area contributed by atoms with E-state index in [2.05, 4.69) is 9.97 Å². The van der Waals surface area contributed by atoms with Gasteiger partial charge in [-0.3, -0.25) is 10.1 Å². The molecule has 0 saturated heterocycles. The first-order chi connectivity index (χ1) is 11.5. The van der Waals surface area contributed by atoms with E-state index in [0.717, 1.165) is 6.07 Å². The first kappa shape index (κ1) is 15.8. The molecule has 6 nitrogen and oxygen atoms in total. The molecule has 0 N–H and O–H groups in total. The summed E-state index contributed by atoms with van der Waals surface area (Å²) in [5.41, 5.74) is 0.739. The van der Waals surface area contributed by atoms with Crippen LogP contribution >= 0.6 is 11.6 Å². The van der Waals surface area contributed by atoms with Crippen LogP contribution < -0.4 is 4.74 Å². The summed E-state index contributed by atoms with van der Waals surface area (Å²) >= 11 is 5.79. The average molecular weight is 346 g/mol. The number of para-hydroxylation sites is 1. The van der Waals surface area contributed by atoms with Crippen molar-refractivity contribution in [1.29, 1.82) is 0 Å². The van der Waals surface area contributed by atoms with Gasteiger partial charge in [0.2, 0.25) is 5.28 Å². The molecular weight excluding hydrogens is 337 g/mol. The molecule has 3 aromatic rings. The number of non-ortho nitro benzene ring substituents is 1. The summed E-state index contributed by atoms with van der Waals surface area (Å²) in [5.74, 6) is -0.632. The van der Waals surface area contributed by atoms with Gasteiger partial charge in [-0.2, -0.15) is 0 Å². The lowest BCUT2D eigenvalue weighted by molar-refractivity contribution is -0.385. The number of halogens is 2. The molecule has 0 aliphatic heterocycles. The second-order valence-electron chi connectivity index (χ2n) is 4.68. The van der Waals surface area contributed by atoms with Gasteiger partial charge in [-0.15, -0.1) is 0 Å². The van der Waals surface area contributed by atoms with Crippen LogP contribution in [0.1, 0.15) is 0 Å². The molecule has 8 heteroatoms. The van der Waals surface area contributed by atoms with Gasteiger partial charge in [-0.25, -0.2) is 14.4 Å². The number of nitro groups is 1. The SMILES string of the molecule is O=[N+]([O-])c1ccc(Oc2ccccc2-c2ccnc(Cl)n2)c(F)c1. The van der Waals surface area contributed by atoms with Gasteiger partial charge in [0.1, 0.15) is 5.75 Å². The van der Waals surface area contributed by atoms with E-state index in [1.807, 2.05) is 0 Å². The van der Waals surface area contributed by atoms with Gasteiger partial charge in [0.25, 0.3) is 5.69 Å². The largest absolute Gasteiger partial charge is 0.454 e. The van der Waals surface area contributed by atoms with Crippen molar-refractivity contribution in [3.8, 4) is 22.8 Å². The van der Waals surface area contributed by atoms with Gasteiger partial charge in [0, 0.05) is 17.8 Å². The van der Waals surface area contributed by atoms with Gasteiger partial charge in [-0.05, 0) is 35.9 Å². The summed E-state index contributed by atoms with van der Waals surface area (Å²) in [6.07, 6.45) is 1.49. The zero-order valence-corrected chi connectivity index (χ0v) is 12.8. The molecule has 0 fully saturated rings. The fourth-order valence-corrected chi connectivity index (χ4v) is 2.20. The Morgan fingerprint density at radius 2 is 1.92 bits per heavy atom. The second-order valence-corrected chi connectivity index (χ2v) is 5.02. The lowest BCUT2D eigenvalue weighted by Gasteiger charge is -2.11. The van der Waals surface area contributed by atoms with Crippen LogP contribution in [-0.2, 0) is 0 Å². The highest BCUT2D eigenvalue weighted by atomic mass is 35.5. The maximum absolute atomic E-state index is 14.0. The zero-order valence-electron chi connectivity index (χ0n) is 12.0. The first-order valence-corrected chi connectivity index (χ1v) is 7.12. The molecule has 0 saturated carbocycles. The third kappa shape index (κ3) is 3.31. The van der Waals surface area contributed by atoms with Gasteiger partial charge >= 0.3 is 0 Å². The minimum atomic E-state index is -0.834. The van der Waals surface area contributed by atoms with E-state index >= 15 is 0 Å². The minimum absolute atomic E-state index is 0.0730. The van der Waals surface area contributed by atoms with Crippen LogP contribution in [-0.4, -0.2) is 14.9 Å². The van der Waals surface area contributed by atoms with Crippen molar-refractivity contribution in [3.05, 3.63) is 75.9 Å². The van der Waals surface area contributed by atoms with Crippen LogP contribution in [0, 0.1) is 15.9 Å². The van der Waals surface area contributed by atoms with E-state index in [9.17, 15) is 14.5 Å². The van der Waals surface area contributed by atoms with E-state index in [4.69, 9.17) is 16.3 Å². The Morgan fingerprint density at radius 3 is 2.62 bits per heavy atom. The fraction of sp³-hybridized carbons (Fsp3) is 0. The molecule has 1 aromatic heterocycles. The predicted octanol–water partition coefficient (Wildman–Crippen LogP) is 4.64. The van der Waals surface area contributed by atoms with E-state index in [1.54, 1.807) is 30.3 Å². The Balaban J connectivity index is 1.98. The van der Waals surface area contributed by atoms with E-state index < -0.39 is 10.7 Å². The summed E-state index contributed by atoms with van der Waals surface area (Å²) in [4.78, 5) is 17.9. The third-order valence-corrected chi connectivity index (χ3v) is 3.32. The molecule has 1 heterocycles. The zero-order chi connectivity index (χ0) is 17.1. The number of rotatable bonds is 4. The topological polar surface area (TPSA) is 78.2 Å². The summed E-state index contributed by atoms with van der Waals surface area (Å²) < 4.78 is 19.6.